The molecule has 0 saturated heterocycles. The molecule has 5 amide bonds. The van der Waals surface area contributed by atoms with Crippen LogP contribution in [0.15, 0.2) is 42.9 Å². The first-order valence-corrected chi connectivity index (χ1v) is 12.9. The van der Waals surface area contributed by atoms with Crippen molar-refractivity contribution >= 4 is 41.2 Å². The van der Waals surface area contributed by atoms with Gasteiger partial charge in [0.1, 0.15) is 11.4 Å². The second kappa shape index (κ2) is 17.1. The van der Waals surface area contributed by atoms with Gasteiger partial charge in [-0.15, -0.1) is 0 Å². The summed E-state index contributed by atoms with van der Waals surface area (Å²) in [7, 11) is 5.35. The van der Waals surface area contributed by atoms with Crippen molar-refractivity contribution in [1.29, 1.82) is 0 Å². The number of anilines is 3. The van der Waals surface area contributed by atoms with Crippen molar-refractivity contribution < 1.29 is 19.2 Å². The first-order chi connectivity index (χ1) is 19.2. The molecule has 0 saturated carbocycles. The number of likely N-dealkylation sites (N-methyl/N-ethyl adjacent to an activating group) is 2. The van der Waals surface area contributed by atoms with E-state index in [0.29, 0.717) is 38.3 Å². The van der Waals surface area contributed by atoms with E-state index in [9.17, 15) is 19.2 Å². The summed E-state index contributed by atoms with van der Waals surface area (Å²) in [6, 6.07) is 2.74. The molecule has 40 heavy (non-hydrogen) atoms. The Hall–Kier alpha value is -4.59. The molecule has 0 spiro atoms. The quantitative estimate of drug-likeness (QED) is 0.160. The fraction of sp³-hybridized carbons (Fsp3) is 0.423. The smallest absolute Gasteiger partial charge is 0.326 e. The van der Waals surface area contributed by atoms with Gasteiger partial charge in [0.05, 0.1) is 6.54 Å². The summed E-state index contributed by atoms with van der Waals surface area (Å²) in [6.07, 6.45) is 8.88. The molecule has 0 fully saturated rings. The van der Waals surface area contributed by atoms with E-state index in [1.54, 1.807) is 37.7 Å². The first kappa shape index (κ1) is 31.6. The fourth-order valence-electron chi connectivity index (χ4n) is 3.14. The number of aromatic nitrogens is 3. The molecule has 2 rings (SSSR count). The molecule has 2 heterocycles. The monoisotopic (exact) mass is 554 g/mol. The lowest BCUT2D eigenvalue weighted by atomic mass is 10.2. The highest BCUT2D eigenvalue weighted by atomic mass is 16.2. The first-order valence-electron chi connectivity index (χ1n) is 12.9. The van der Waals surface area contributed by atoms with Gasteiger partial charge in [-0.1, -0.05) is 13.0 Å². The molecule has 0 aromatic carbocycles. The van der Waals surface area contributed by atoms with Crippen molar-refractivity contribution in [2.75, 3.05) is 69.8 Å². The van der Waals surface area contributed by atoms with Crippen molar-refractivity contribution in [3.05, 3.63) is 48.4 Å². The molecule has 2 aromatic heterocycles. The Morgan fingerprint density at radius 2 is 1.70 bits per heavy atom. The predicted octanol–water partition coefficient (Wildman–Crippen LogP) is 1.15. The highest BCUT2D eigenvalue weighted by molar-refractivity contribution is 6.00. The second-order valence-electron chi connectivity index (χ2n) is 9.02. The molecule has 0 atom stereocenters. The molecule has 0 aliphatic carbocycles. The number of carbonyl (C=O) groups is 4. The molecular weight excluding hydrogens is 516 g/mol. The molecular formula is C26H38N10O4. The lowest BCUT2D eigenvalue weighted by Crippen LogP contribution is -2.38. The summed E-state index contributed by atoms with van der Waals surface area (Å²) in [5.74, 6) is -0.629. The Morgan fingerprint density at radius 3 is 2.40 bits per heavy atom. The molecule has 0 radical (unpaired) electrons. The minimum atomic E-state index is -0.539. The topological polar surface area (TPSA) is 174 Å². The molecule has 2 aromatic rings. The predicted molar refractivity (Wildman–Crippen MR) is 153 cm³/mol. The van der Waals surface area contributed by atoms with Gasteiger partial charge in [-0.2, -0.15) is 4.98 Å². The standard InChI is InChI=1S/C26H38N10O4/c1-5-11-29-23-20(17-31-25(33-23)34-26(40)32-19-9-14-27-15-10-19)24(39)30-13-7-12-28-21(37)18-36(4)22(38)8-6-16-35(2)3/h6,8-10,14-15,17H,5,7,11-13,16,18H2,1-4H3,(H,28,37)(H,30,39)(H3,27,29,31,32,33,34,40). The number of hydrogen-bond acceptors (Lipinski definition) is 9. The lowest BCUT2D eigenvalue weighted by Gasteiger charge is -2.15. The number of rotatable bonds is 15. The highest BCUT2D eigenvalue weighted by Crippen LogP contribution is 2.15. The fourth-order valence-corrected chi connectivity index (χ4v) is 3.14. The van der Waals surface area contributed by atoms with Gasteiger partial charge in [0.15, 0.2) is 0 Å². The maximum atomic E-state index is 12.8. The van der Waals surface area contributed by atoms with Crippen LogP contribution in [0.4, 0.5) is 22.2 Å². The molecule has 216 valence electrons. The number of pyridine rings is 1. The summed E-state index contributed by atoms with van der Waals surface area (Å²) in [6.45, 7) is 3.72. The van der Waals surface area contributed by atoms with Crippen LogP contribution in [0.5, 0.6) is 0 Å². The minimum Gasteiger partial charge on any atom is -0.369 e. The summed E-state index contributed by atoms with van der Waals surface area (Å²) in [4.78, 5) is 64.7. The molecule has 0 unspecified atom stereocenters. The van der Waals surface area contributed by atoms with Gasteiger partial charge in [-0.3, -0.25) is 24.7 Å². The molecule has 14 heteroatoms. The van der Waals surface area contributed by atoms with Crippen LogP contribution in [-0.4, -0.2) is 102 Å². The van der Waals surface area contributed by atoms with Crippen LogP contribution in [0.25, 0.3) is 0 Å². The summed E-state index contributed by atoms with van der Waals surface area (Å²) < 4.78 is 0. The van der Waals surface area contributed by atoms with Crippen molar-refractivity contribution in [1.82, 2.24) is 35.4 Å². The van der Waals surface area contributed by atoms with E-state index in [1.165, 1.54) is 17.2 Å². The van der Waals surface area contributed by atoms with Crippen LogP contribution in [0, 0.1) is 0 Å². The van der Waals surface area contributed by atoms with E-state index in [-0.39, 0.29) is 35.7 Å². The average Bonchev–Trinajstić information content (AvgIpc) is 2.91. The SMILES string of the molecule is CCCNc1nc(NC(=O)Nc2ccncc2)ncc1C(=O)NCCCNC(=O)CN(C)C(=O)C=CCN(C)C. The van der Waals surface area contributed by atoms with Crippen LogP contribution in [-0.2, 0) is 9.59 Å². The Morgan fingerprint density at radius 1 is 0.975 bits per heavy atom. The van der Waals surface area contributed by atoms with Crippen molar-refractivity contribution in [2.45, 2.75) is 19.8 Å². The molecule has 5 N–H and O–H groups in total. The zero-order valence-electron chi connectivity index (χ0n) is 23.4. The van der Waals surface area contributed by atoms with Gasteiger partial charge in [0, 0.05) is 63.6 Å². The second-order valence-corrected chi connectivity index (χ2v) is 9.02. The molecule has 0 aliphatic rings. The van der Waals surface area contributed by atoms with E-state index in [4.69, 9.17) is 0 Å². The average molecular weight is 555 g/mol. The van der Waals surface area contributed by atoms with Crippen molar-refractivity contribution in [2.24, 2.45) is 0 Å². The molecule has 0 bridgehead atoms. The van der Waals surface area contributed by atoms with E-state index in [2.05, 4.69) is 41.5 Å². The largest absolute Gasteiger partial charge is 0.369 e. The van der Waals surface area contributed by atoms with Gasteiger partial charge < -0.3 is 31.1 Å². The van der Waals surface area contributed by atoms with Crippen molar-refractivity contribution in [3.8, 4) is 0 Å². The van der Waals surface area contributed by atoms with Crippen LogP contribution in [0.1, 0.15) is 30.1 Å². The van der Waals surface area contributed by atoms with Gasteiger partial charge in [-0.05, 0) is 39.1 Å². The van der Waals surface area contributed by atoms with E-state index >= 15 is 0 Å². The molecule has 0 aliphatic heterocycles. The van der Waals surface area contributed by atoms with Gasteiger partial charge in [-0.25, -0.2) is 9.78 Å². The Balaban J connectivity index is 1.81. The zero-order valence-corrected chi connectivity index (χ0v) is 23.4. The summed E-state index contributed by atoms with van der Waals surface area (Å²) >= 11 is 0. The molecule has 14 nitrogen and oxygen atoms in total. The van der Waals surface area contributed by atoms with Crippen LogP contribution < -0.4 is 26.6 Å². The van der Waals surface area contributed by atoms with E-state index < -0.39 is 11.9 Å². The van der Waals surface area contributed by atoms with E-state index in [0.717, 1.165) is 6.42 Å². The minimum absolute atomic E-state index is 0.0288. The van der Waals surface area contributed by atoms with Gasteiger partial charge in [0.2, 0.25) is 17.8 Å². The van der Waals surface area contributed by atoms with Crippen LogP contribution in [0.2, 0.25) is 0 Å². The maximum absolute atomic E-state index is 12.8. The third-order valence-electron chi connectivity index (χ3n) is 5.19. The van der Waals surface area contributed by atoms with Crippen molar-refractivity contribution in [3.63, 3.8) is 0 Å². The summed E-state index contributed by atoms with van der Waals surface area (Å²) in [5.41, 5.74) is 0.775. The number of nitrogens with one attached hydrogen (secondary N) is 5. The zero-order chi connectivity index (χ0) is 29.3. The Bertz CT molecular complexity index is 1160. The maximum Gasteiger partial charge on any atom is 0.326 e. The Labute approximate surface area is 234 Å². The van der Waals surface area contributed by atoms with Crippen LogP contribution in [0.3, 0.4) is 0 Å². The lowest BCUT2D eigenvalue weighted by molar-refractivity contribution is -0.131. The third-order valence-corrected chi connectivity index (χ3v) is 5.19. The Kier molecular flexibility index (Phi) is 13.5. The number of carbonyl (C=O) groups excluding carboxylic acids is 4. The third kappa shape index (κ3) is 11.9. The number of hydrogen-bond donors (Lipinski definition) is 5. The normalized spacial score (nSPS) is 10.7. The van der Waals surface area contributed by atoms with Gasteiger partial charge in [0.25, 0.3) is 5.91 Å². The number of nitrogens with zero attached hydrogens (tertiary/aromatic N) is 5. The van der Waals surface area contributed by atoms with Crippen LogP contribution >= 0.6 is 0 Å². The number of amides is 5. The number of urea groups is 1. The highest BCUT2D eigenvalue weighted by Gasteiger charge is 2.16. The van der Waals surface area contributed by atoms with E-state index in [1.807, 2.05) is 25.9 Å². The summed E-state index contributed by atoms with van der Waals surface area (Å²) in [5, 5.41) is 13.8. The van der Waals surface area contributed by atoms with Gasteiger partial charge >= 0.3 is 6.03 Å².